The van der Waals surface area contributed by atoms with E-state index in [1.807, 2.05) is 0 Å². The summed E-state index contributed by atoms with van der Waals surface area (Å²) in [5, 5.41) is 0. The van der Waals surface area contributed by atoms with Crippen LogP contribution in [0.2, 0.25) is 0 Å². The number of thioether (sulfide) groups is 1. The maximum Gasteiger partial charge on any atom is 0.441 e. The van der Waals surface area contributed by atoms with E-state index in [1.54, 1.807) is 0 Å². The van der Waals surface area contributed by atoms with Crippen LogP contribution in [-0.2, 0) is 4.74 Å². The van der Waals surface area contributed by atoms with Gasteiger partial charge >= 0.3 is 11.5 Å². The fraction of sp³-hybridized carbons (Fsp3) is 0.364. The Balaban J connectivity index is 2.57. The van der Waals surface area contributed by atoms with Crippen LogP contribution in [0.3, 0.4) is 0 Å². The molecule has 0 heterocycles. The molecule has 1 aromatic carbocycles. The number of hydrogen-bond acceptors (Lipinski definition) is 5. The van der Waals surface area contributed by atoms with Crippen LogP contribution in [0, 0.1) is 0 Å². The summed E-state index contributed by atoms with van der Waals surface area (Å²) >= 11 is -0.249. The molecule has 0 bridgehead atoms. The molecule has 0 aliphatic carbocycles. The number of hydrogen-bond donors (Lipinski definition) is 1. The molecule has 1 aromatic rings. The summed E-state index contributed by atoms with van der Waals surface area (Å²) in [5.74, 6) is -0.984. The Hall–Kier alpha value is -1.57. The van der Waals surface area contributed by atoms with Crippen molar-refractivity contribution in [3.63, 3.8) is 0 Å². The van der Waals surface area contributed by atoms with Gasteiger partial charge in [0.15, 0.2) is 5.75 Å². The van der Waals surface area contributed by atoms with Crippen LogP contribution in [0.5, 0.6) is 5.75 Å². The number of rotatable bonds is 5. The van der Waals surface area contributed by atoms with E-state index in [4.69, 9.17) is 15.2 Å². The van der Waals surface area contributed by atoms with Crippen molar-refractivity contribution in [3.05, 3.63) is 23.8 Å². The van der Waals surface area contributed by atoms with Gasteiger partial charge in [0.25, 0.3) is 0 Å². The van der Waals surface area contributed by atoms with Crippen molar-refractivity contribution in [1.29, 1.82) is 0 Å². The smallest absolute Gasteiger partial charge is 0.441 e. The number of carbonyl (C=O) groups excluding carboxylic acids is 1. The van der Waals surface area contributed by atoms with Crippen LogP contribution in [0.15, 0.2) is 18.2 Å². The summed E-state index contributed by atoms with van der Waals surface area (Å²) in [6, 6.07) is 4.49. The van der Waals surface area contributed by atoms with Gasteiger partial charge in [-0.3, -0.25) is 0 Å². The third-order valence-corrected chi connectivity index (χ3v) is 2.75. The van der Waals surface area contributed by atoms with E-state index in [0.717, 1.165) is 0 Å². The Kier molecular flexibility index (Phi) is 5.34. The molecule has 106 valence electrons. The molecule has 0 amide bonds. The van der Waals surface area contributed by atoms with Gasteiger partial charge in [-0.15, -0.1) is 0 Å². The van der Waals surface area contributed by atoms with Gasteiger partial charge in [-0.2, -0.15) is 13.2 Å². The van der Waals surface area contributed by atoms with Crippen LogP contribution < -0.4 is 10.5 Å². The van der Waals surface area contributed by atoms with Gasteiger partial charge in [-0.25, -0.2) is 4.79 Å². The molecule has 0 spiro atoms. The minimum Gasteiger partial charge on any atom is -0.494 e. The average molecular weight is 295 g/mol. The van der Waals surface area contributed by atoms with Gasteiger partial charge in [0.2, 0.25) is 0 Å². The highest BCUT2D eigenvalue weighted by Gasteiger charge is 2.27. The summed E-state index contributed by atoms with van der Waals surface area (Å²) in [7, 11) is 1.34. The van der Waals surface area contributed by atoms with Crippen LogP contribution in [0.4, 0.5) is 18.9 Å². The van der Waals surface area contributed by atoms with Crippen molar-refractivity contribution in [3.8, 4) is 5.75 Å². The molecular weight excluding hydrogens is 283 g/mol. The predicted molar refractivity (Wildman–Crippen MR) is 66.2 cm³/mol. The standard InChI is InChI=1S/C11H12F3NO3S/c1-17-9-7(3-2-4-8(9)15)10(16)18-5-6-19-11(12,13)14/h2-4H,5-6,15H2,1H3. The number of benzene rings is 1. The SMILES string of the molecule is COc1c(N)cccc1C(=O)OCCSC(F)(F)F. The van der Waals surface area contributed by atoms with Gasteiger partial charge in [0.1, 0.15) is 12.2 Å². The number of halogens is 3. The number of ether oxygens (including phenoxy) is 2. The molecule has 0 radical (unpaired) electrons. The summed E-state index contributed by atoms with van der Waals surface area (Å²) in [6.07, 6.45) is 0. The van der Waals surface area contributed by atoms with E-state index >= 15 is 0 Å². The highest BCUT2D eigenvalue weighted by Crippen LogP contribution is 2.30. The molecule has 2 N–H and O–H groups in total. The highest BCUT2D eigenvalue weighted by molar-refractivity contribution is 8.00. The lowest BCUT2D eigenvalue weighted by Crippen LogP contribution is -2.12. The molecule has 8 heteroatoms. The Morgan fingerprint density at radius 3 is 2.68 bits per heavy atom. The second-order valence-corrected chi connectivity index (χ2v) is 4.52. The van der Waals surface area contributed by atoms with Gasteiger partial charge in [0.05, 0.1) is 12.8 Å². The summed E-state index contributed by atoms with van der Waals surface area (Å²) in [4.78, 5) is 11.7. The minimum absolute atomic E-state index is 0.0829. The first kappa shape index (κ1) is 15.5. The average Bonchev–Trinajstić information content (AvgIpc) is 2.33. The normalized spacial score (nSPS) is 11.2. The molecule has 0 atom stereocenters. The van der Waals surface area contributed by atoms with Crippen LogP contribution in [-0.4, -0.2) is 30.9 Å². The third kappa shape index (κ3) is 4.90. The maximum absolute atomic E-state index is 11.9. The minimum atomic E-state index is -4.33. The van der Waals surface area contributed by atoms with E-state index in [1.165, 1.54) is 25.3 Å². The number of nitrogen functional groups attached to an aromatic ring is 1. The predicted octanol–water partition coefficient (Wildman–Crippen LogP) is 2.69. The second kappa shape index (κ2) is 6.55. The van der Waals surface area contributed by atoms with E-state index in [0.29, 0.717) is 0 Å². The lowest BCUT2D eigenvalue weighted by molar-refractivity contribution is -0.0331. The summed E-state index contributed by atoms with van der Waals surface area (Å²) < 4.78 is 45.3. The Labute approximate surface area is 112 Å². The number of nitrogens with two attached hydrogens (primary N) is 1. The molecule has 0 unspecified atom stereocenters. The zero-order valence-corrected chi connectivity index (χ0v) is 10.8. The Bertz CT molecular complexity index is 451. The first-order valence-electron chi connectivity index (χ1n) is 5.15. The third-order valence-electron chi connectivity index (χ3n) is 2.05. The molecule has 19 heavy (non-hydrogen) atoms. The number of alkyl halides is 3. The van der Waals surface area contributed by atoms with Crippen molar-refractivity contribution >= 4 is 23.4 Å². The Morgan fingerprint density at radius 2 is 2.11 bits per heavy atom. The molecular formula is C11H12F3NO3S. The van der Waals surface area contributed by atoms with E-state index < -0.39 is 11.5 Å². The molecule has 0 saturated heterocycles. The fourth-order valence-corrected chi connectivity index (χ4v) is 1.71. The van der Waals surface area contributed by atoms with Gasteiger partial charge in [-0.05, 0) is 23.9 Å². The van der Waals surface area contributed by atoms with Gasteiger partial charge < -0.3 is 15.2 Å². The van der Waals surface area contributed by atoms with Gasteiger partial charge in [-0.1, -0.05) is 6.07 Å². The highest BCUT2D eigenvalue weighted by atomic mass is 32.2. The van der Waals surface area contributed by atoms with Crippen molar-refractivity contribution < 1.29 is 27.4 Å². The lowest BCUT2D eigenvalue weighted by Gasteiger charge is -2.11. The Morgan fingerprint density at radius 1 is 1.42 bits per heavy atom. The van der Waals surface area contributed by atoms with Crippen molar-refractivity contribution in [1.82, 2.24) is 0 Å². The molecule has 4 nitrogen and oxygen atoms in total. The molecule has 0 aliphatic rings. The van der Waals surface area contributed by atoms with Crippen molar-refractivity contribution in [2.45, 2.75) is 5.51 Å². The summed E-state index contributed by atoms with van der Waals surface area (Å²) in [5.41, 5.74) is 1.60. The fourth-order valence-electron chi connectivity index (χ4n) is 1.31. The van der Waals surface area contributed by atoms with E-state index in [9.17, 15) is 18.0 Å². The lowest BCUT2D eigenvalue weighted by atomic mass is 10.2. The number of esters is 1. The van der Waals surface area contributed by atoms with Gasteiger partial charge in [0, 0.05) is 5.75 Å². The van der Waals surface area contributed by atoms with Crippen LogP contribution in [0.25, 0.3) is 0 Å². The number of para-hydroxylation sites is 1. The molecule has 1 rings (SSSR count). The molecule has 0 aliphatic heterocycles. The zero-order valence-electron chi connectivity index (χ0n) is 9.99. The van der Waals surface area contributed by atoms with E-state index in [2.05, 4.69) is 0 Å². The maximum atomic E-state index is 11.9. The number of carbonyl (C=O) groups is 1. The van der Waals surface area contributed by atoms with Crippen LogP contribution >= 0.6 is 11.8 Å². The molecule has 0 aromatic heterocycles. The number of methoxy groups -OCH3 is 1. The largest absolute Gasteiger partial charge is 0.494 e. The monoisotopic (exact) mass is 295 g/mol. The van der Waals surface area contributed by atoms with Crippen LogP contribution in [0.1, 0.15) is 10.4 Å². The molecule has 0 fully saturated rings. The summed E-state index contributed by atoms with van der Waals surface area (Å²) in [6.45, 7) is -0.346. The molecule has 0 saturated carbocycles. The topological polar surface area (TPSA) is 61.5 Å². The van der Waals surface area contributed by atoms with Crippen molar-refractivity contribution in [2.75, 3.05) is 25.2 Å². The second-order valence-electron chi connectivity index (χ2n) is 3.36. The van der Waals surface area contributed by atoms with E-state index in [-0.39, 0.29) is 41.1 Å². The first-order chi connectivity index (χ1) is 8.85. The van der Waals surface area contributed by atoms with Crippen molar-refractivity contribution in [2.24, 2.45) is 0 Å². The number of anilines is 1. The zero-order chi connectivity index (χ0) is 14.5. The quantitative estimate of drug-likeness (QED) is 0.514. The first-order valence-corrected chi connectivity index (χ1v) is 6.14.